The molecule has 4 aromatic rings. The standard InChI is InChI=1S/C19H13ClF2N4O3S/c20-10-4-5-14-13(8-10)23-19(28-14)30-9-15-24-17(29-26-15)7-6-16(27)25-18-11(21)2-1-3-12(18)22/h1-5,8H,6-7,9H2,(H,25,27). The number of aryl methyl sites for hydroxylation is 1. The molecule has 0 aliphatic carbocycles. The van der Waals surface area contributed by atoms with Crippen LogP contribution in [-0.2, 0) is 17.0 Å². The van der Waals surface area contributed by atoms with E-state index in [9.17, 15) is 13.6 Å². The minimum absolute atomic E-state index is 0.0750. The van der Waals surface area contributed by atoms with Crippen molar-refractivity contribution in [1.29, 1.82) is 0 Å². The molecule has 7 nitrogen and oxygen atoms in total. The fraction of sp³-hybridized carbons (Fsp3) is 0.158. The summed E-state index contributed by atoms with van der Waals surface area (Å²) in [5.41, 5.74) is 0.786. The van der Waals surface area contributed by atoms with E-state index in [-0.39, 0.29) is 18.7 Å². The first kappa shape index (κ1) is 20.3. The summed E-state index contributed by atoms with van der Waals surface area (Å²) in [4.78, 5) is 20.5. The molecule has 4 rings (SSSR count). The van der Waals surface area contributed by atoms with Crippen molar-refractivity contribution in [2.24, 2.45) is 0 Å². The normalized spacial score (nSPS) is 11.2. The van der Waals surface area contributed by atoms with E-state index in [1.807, 2.05) is 0 Å². The molecule has 154 valence electrons. The van der Waals surface area contributed by atoms with Gasteiger partial charge in [-0.1, -0.05) is 34.6 Å². The molecule has 0 aliphatic rings. The zero-order chi connectivity index (χ0) is 21.1. The zero-order valence-corrected chi connectivity index (χ0v) is 16.8. The summed E-state index contributed by atoms with van der Waals surface area (Å²) in [5, 5.41) is 7.05. The highest BCUT2D eigenvalue weighted by Gasteiger charge is 2.15. The molecule has 2 aromatic heterocycles. The number of halogens is 3. The topological polar surface area (TPSA) is 94.0 Å². The minimum atomic E-state index is -0.845. The van der Waals surface area contributed by atoms with Crippen LogP contribution < -0.4 is 5.32 Å². The van der Waals surface area contributed by atoms with E-state index in [0.717, 1.165) is 12.1 Å². The Hall–Kier alpha value is -2.98. The number of rotatable bonds is 7. The second kappa shape index (κ2) is 8.80. The van der Waals surface area contributed by atoms with Crippen molar-refractivity contribution in [2.45, 2.75) is 23.8 Å². The van der Waals surface area contributed by atoms with Gasteiger partial charge in [0, 0.05) is 17.9 Å². The third-order valence-electron chi connectivity index (χ3n) is 3.96. The van der Waals surface area contributed by atoms with Gasteiger partial charge < -0.3 is 14.3 Å². The minimum Gasteiger partial charge on any atom is -0.431 e. The Morgan fingerprint density at radius 1 is 1.17 bits per heavy atom. The lowest BCUT2D eigenvalue weighted by atomic mass is 10.2. The van der Waals surface area contributed by atoms with Gasteiger partial charge in [-0.2, -0.15) is 4.98 Å². The van der Waals surface area contributed by atoms with Crippen LogP contribution in [0.2, 0.25) is 5.02 Å². The average molecular weight is 451 g/mol. The predicted molar refractivity (Wildman–Crippen MR) is 106 cm³/mol. The first-order valence-corrected chi connectivity index (χ1v) is 10.1. The predicted octanol–water partition coefficient (Wildman–Crippen LogP) is 5.01. The molecule has 0 fully saturated rings. The molecule has 1 N–H and O–H groups in total. The molecular weight excluding hydrogens is 438 g/mol. The monoisotopic (exact) mass is 450 g/mol. The quantitative estimate of drug-likeness (QED) is 0.395. The molecule has 0 atom stereocenters. The lowest BCUT2D eigenvalue weighted by Crippen LogP contribution is -2.14. The van der Waals surface area contributed by atoms with Crippen molar-refractivity contribution in [1.82, 2.24) is 15.1 Å². The summed E-state index contributed by atoms with van der Waals surface area (Å²) in [7, 11) is 0. The number of amides is 1. The number of carbonyl (C=O) groups is 1. The number of carbonyl (C=O) groups excluding carboxylic acids is 1. The van der Waals surface area contributed by atoms with E-state index >= 15 is 0 Å². The van der Waals surface area contributed by atoms with Crippen molar-refractivity contribution in [3.05, 3.63) is 64.8 Å². The Balaban J connectivity index is 1.30. The molecule has 0 bridgehead atoms. The van der Waals surface area contributed by atoms with Crippen LogP contribution in [0, 0.1) is 11.6 Å². The third kappa shape index (κ3) is 4.77. The fourth-order valence-electron chi connectivity index (χ4n) is 2.56. The van der Waals surface area contributed by atoms with Gasteiger partial charge in [-0.3, -0.25) is 4.79 Å². The molecular formula is C19H13ClF2N4O3S. The van der Waals surface area contributed by atoms with Crippen LogP contribution in [-0.4, -0.2) is 21.0 Å². The Morgan fingerprint density at radius 2 is 1.97 bits per heavy atom. The second-order valence-corrected chi connectivity index (χ2v) is 7.49. The summed E-state index contributed by atoms with van der Waals surface area (Å²) in [6.45, 7) is 0. The molecule has 1 amide bonds. The van der Waals surface area contributed by atoms with Crippen molar-refractivity contribution < 1.29 is 22.5 Å². The van der Waals surface area contributed by atoms with E-state index in [1.54, 1.807) is 18.2 Å². The molecule has 0 unspecified atom stereocenters. The molecule has 0 radical (unpaired) electrons. The number of hydrogen-bond acceptors (Lipinski definition) is 7. The highest BCUT2D eigenvalue weighted by Crippen LogP contribution is 2.27. The van der Waals surface area contributed by atoms with Crippen LogP contribution >= 0.6 is 23.4 Å². The summed E-state index contributed by atoms with van der Waals surface area (Å²) in [6, 6.07) is 8.49. The van der Waals surface area contributed by atoms with Gasteiger partial charge in [0.15, 0.2) is 11.4 Å². The first-order chi connectivity index (χ1) is 14.5. The van der Waals surface area contributed by atoms with Crippen LogP contribution in [0.25, 0.3) is 11.1 Å². The summed E-state index contributed by atoms with van der Waals surface area (Å²) in [5.74, 6) is -1.28. The maximum Gasteiger partial charge on any atom is 0.257 e. The number of fused-ring (bicyclic) bond motifs is 1. The van der Waals surface area contributed by atoms with E-state index in [2.05, 4.69) is 20.4 Å². The number of hydrogen-bond donors (Lipinski definition) is 1. The molecule has 11 heteroatoms. The molecule has 0 aliphatic heterocycles. The van der Waals surface area contributed by atoms with Gasteiger partial charge in [-0.25, -0.2) is 13.8 Å². The number of nitrogens with zero attached hydrogens (tertiary/aromatic N) is 3. The van der Waals surface area contributed by atoms with Gasteiger partial charge in [-0.15, -0.1) is 0 Å². The summed E-state index contributed by atoms with van der Waals surface area (Å²) >= 11 is 7.21. The molecule has 0 saturated carbocycles. The SMILES string of the molecule is O=C(CCc1nc(CSc2nc3cc(Cl)ccc3o2)no1)Nc1c(F)cccc1F. The highest BCUT2D eigenvalue weighted by atomic mass is 35.5. The Morgan fingerprint density at radius 3 is 2.77 bits per heavy atom. The zero-order valence-electron chi connectivity index (χ0n) is 15.2. The fourth-order valence-corrected chi connectivity index (χ4v) is 3.41. The Bertz CT molecular complexity index is 1190. The molecule has 2 heterocycles. The van der Waals surface area contributed by atoms with Gasteiger partial charge in [0.2, 0.25) is 11.8 Å². The van der Waals surface area contributed by atoms with Crippen molar-refractivity contribution >= 4 is 46.1 Å². The summed E-state index contributed by atoms with van der Waals surface area (Å²) < 4.78 is 37.8. The van der Waals surface area contributed by atoms with Crippen molar-refractivity contribution in [3.63, 3.8) is 0 Å². The maximum atomic E-state index is 13.6. The van der Waals surface area contributed by atoms with Gasteiger partial charge in [0.1, 0.15) is 22.8 Å². The van der Waals surface area contributed by atoms with E-state index in [1.165, 1.54) is 17.8 Å². The van der Waals surface area contributed by atoms with E-state index < -0.39 is 23.2 Å². The highest BCUT2D eigenvalue weighted by molar-refractivity contribution is 7.98. The van der Waals surface area contributed by atoms with Crippen LogP contribution in [0.15, 0.2) is 50.6 Å². The number of aromatic nitrogens is 3. The first-order valence-electron chi connectivity index (χ1n) is 8.72. The molecule has 0 spiro atoms. The molecule has 0 saturated heterocycles. The Kier molecular flexibility index (Phi) is 5.96. The smallest absolute Gasteiger partial charge is 0.257 e. The molecule has 2 aromatic carbocycles. The number of nitrogens with one attached hydrogen (secondary N) is 1. The summed E-state index contributed by atoms with van der Waals surface area (Å²) in [6.07, 6.45) is 0.0510. The van der Waals surface area contributed by atoms with Gasteiger partial charge in [0.25, 0.3) is 5.22 Å². The third-order valence-corrected chi connectivity index (χ3v) is 5.02. The number of para-hydroxylation sites is 1. The van der Waals surface area contributed by atoms with E-state index in [4.69, 9.17) is 20.5 Å². The lowest BCUT2D eigenvalue weighted by molar-refractivity contribution is -0.116. The lowest BCUT2D eigenvalue weighted by Gasteiger charge is -2.06. The molecule has 30 heavy (non-hydrogen) atoms. The maximum absolute atomic E-state index is 13.6. The van der Waals surface area contributed by atoms with Crippen LogP contribution in [0.4, 0.5) is 14.5 Å². The van der Waals surface area contributed by atoms with Crippen LogP contribution in [0.3, 0.4) is 0 Å². The average Bonchev–Trinajstić information content (AvgIpc) is 3.33. The second-order valence-electron chi connectivity index (χ2n) is 6.13. The van der Waals surface area contributed by atoms with Crippen LogP contribution in [0.1, 0.15) is 18.1 Å². The largest absolute Gasteiger partial charge is 0.431 e. The number of oxazole rings is 1. The van der Waals surface area contributed by atoms with Crippen LogP contribution in [0.5, 0.6) is 0 Å². The number of anilines is 1. The Labute approximate surface area is 177 Å². The van der Waals surface area contributed by atoms with Gasteiger partial charge >= 0.3 is 0 Å². The van der Waals surface area contributed by atoms with Gasteiger partial charge in [0.05, 0.1) is 5.75 Å². The van der Waals surface area contributed by atoms with Gasteiger partial charge in [-0.05, 0) is 30.3 Å². The van der Waals surface area contributed by atoms with Crippen molar-refractivity contribution in [2.75, 3.05) is 5.32 Å². The number of benzene rings is 2. The number of thioether (sulfide) groups is 1. The van der Waals surface area contributed by atoms with Crippen molar-refractivity contribution in [3.8, 4) is 0 Å². The van der Waals surface area contributed by atoms with E-state index in [0.29, 0.717) is 32.9 Å².